The number of rotatable bonds is 10. The topological polar surface area (TPSA) is 93.2 Å². The molecule has 1 atom stereocenters. The molecule has 0 aromatic heterocycles. The average molecular weight is 555 g/mol. The van der Waals surface area contributed by atoms with Crippen molar-refractivity contribution in [2.45, 2.75) is 38.6 Å². The van der Waals surface area contributed by atoms with E-state index in [0.29, 0.717) is 29.5 Å². The molecule has 2 heterocycles. The van der Waals surface area contributed by atoms with Crippen LogP contribution >= 0.6 is 0 Å². The van der Waals surface area contributed by atoms with E-state index in [0.717, 1.165) is 32.4 Å². The lowest BCUT2D eigenvalue weighted by Crippen LogP contribution is -2.46. The molecule has 0 saturated carbocycles. The average Bonchev–Trinajstić information content (AvgIpc) is 3.30. The summed E-state index contributed by atoms with van der Waals surface area (Å²) in [4.78, 5) is 54.5. The molecule has 0 bridgehead atoms. The first kappa shape index (κ1) is 28.2. The predicted molar refractivity (Wildman–Crippen MR) is 154 cm³/mol. The lowest BCUT2D eigenvalue weighted by Gasteiger charge is -2.34. The van der Waals surface area contributed by atoms with Crippen molar-refractivity contribution in [3.05, 3.63) is 95.6 Å². The van der Waals surface area contributed by atoms with E-state index in [9.17, 15) is 19.2 Å². The molecule has 2 aliphatic heterocycles. The summed E-state index contributed by atoms with van der Waals surface area (Å²) in [6, 6.07) is 22.7. The molecule has 0 aliphatic carbocycles. The van der Waals surface area contributed by atoms with Gasteiger partial charge in [-0.2, -0.15) is 0 Å². The standard InChI is InChI=1S/C33H34N2O6/c1-2-40-28-14-10-25(11-15-28)30(36)22-41-33(39)26-8-12-27(13-9-26)35-31(37)21-29(32(35)38)34-18-16-24(17-19-34)20-23-6-4-3-5-7-23/h3-15,24,29H,2,16-22H2,1H3. The number of ketones is 1. The van der Waals surface area contributed by atoms with Crippen LogP contribution in [0.25, 0.3) is 0 Å². The van der Waals surface area contributed by atoms with Crippen LogP contribution in [-0.4, -0.2) is 60.8 Å². The predicted octanol–water partition coefficient (Wildman–Crippen LogP) is 4.71. The number of Topliss-reactive ketones (excluding diaryl/α,β-unsaturated/α-hetero) is 1. The zero-order chi connectivity index (χ0) is 28.8. The Labute approximate surface area is 239 Å². The van der Waals surface area contributed by atoms with Gasteiger partial charge in [0, 0.05) is 5.56 Å². The minimum Gasteiger partial charge on any atom is -0.494 e. The summed E-state index contributed by atoms with van der Waals surface area (Å²) in [6.45, 7) is 3.57. The lowest BCUT2D eigenvalue weighted by molar-refractivity contribution is -0.123. The summed E-state index contributed by atoms with van der Waals surface area (Å²) in [5.41, 5.74) is 2.39. The number of benzene rings is 3. The zero-order valence-corrected chi connectivity index (χ0v) is 23.2. The van der Waals surface area contributed by atoms with Crippen LogP contribution in [-0.2, 0) is 20.7 Å². The molecule has 2 saturated heterocycles. The molecule has 3 aromatic carbocycles. The Balaban J connectivity index is 1.13. The zero-order valence-electron chi connectivity index (χ0n) is 23.2. The fourth-order valence-corrected chi connectivity index (χ4v) is 5.54. The third-order valence-corrected chi connectivity index (χ3v) is 7.76. The largest absolute Gasteiger partial charge is 0.494 e. The van der Waals surface area contributed by atoms with E-state index >= 15 is 0 Å². The maximum Gasteiger partial charge on any atom is 0.338 e. The Morgan fingerprint density at radius 2 is 1.51 bits per heavy atom. The number of hydrogen-bond acceptors (Lipinski definition) is 7. The van der Waals surface area contributed by atoms with E-state index in [4.69, 9.17) is 9.47 Å². The number of likely N-dealkylation sites (tertiary alicyclic amines) is 1. The summed E-state index contributed by atoms with van der Waals surface area (Å²) in [7, 11) is 0. The van der Waals surface area contributed by atoms with Gasteiger partial charge in [-0.15, -0.1) is 0 Å². The molecule has 2 fully saturated rings. The van der Waals surface area contributed by atoms with Gasteiger partial charge in [-0.1, -0.05) is 30.3 Å². The minimum absolute atomic E-state index is 0.152. The number of carbonyl (C=O) groups is 4. The normalized spacial score (nSPS) is 18.0. The quantitative estimate of drug-likeness (QED) is 0.204. The minimum atomic E-state index is -0.661. The molecule has 2 aliphatic rings. The first-order valence-electron chi connectivity index (χ1n) is 14.1. The summed E-state index contributed by atoms with van der Waals surface area (Å²) in [5, 5.41) is 0. The van der Waals surface area contributed by atoms with Gasteiger partial charge in [-0.05, 0) is 99.3 Å². The smallest absolute Gasteiger partial charge is 0.338 e. The van der Waals surface area contributed by atoms with E-state index in [1.807, 2.05) is 13.0 Å². The molecule has 41 heavy (non-hydrogen) atoms. The number of amides is 2. The fourth-order valence-electron chi connectivity index (χ4n) is 5.54. The van der Waals surface area contributed by atoms with Crippen molar-refractivity contribution in [3.8, 4) is 5.75 Å². The summed E-state index contributed by atoms with van der Waals surface area (Å²) >= 11 is 0. The van der Waals surface area contributed by atoms with Gasteiger partial charge in [0.25, 0.3) is 5.91 Å². The number of ether oxygens (including phenoxy) is 2. The van der Waals surface area contributed by atoms with Crippen LogP contribution in [0.2, 0.25) is 0 Å². The van der Waals surface area contributed by atoms with Crippen molar-refractivity contribution in [2.24, 2.45) is 5.92 Å². The van der Waals surface area contributed by atoms with Gasteiger partial charge < -0.3 is 9.47 Å². The highest BCUT2D eigenvalue weighted by atomic mass is 16.5. The highest BCUT2D eigenvalue weighted by molar-refractivity contribution is 6.22. The van der Waals surface area contributed by atoms with Gasteiger partial charge in [0.15, 0.2) is 12.4 Å². The van der Waals surface area contributed by atoms with E-state index in [2.05, 4.69) is 29.2 Å². The molecule has 8 nitrogen and oxygen atoms in total. The van der Waals surface area contributed by atoms with Crippen molar-refractivity contribution in [2.75, 3.05) is 31.2 Å². The molecule has 0 spiro atoms. The molecule has 8 heteroatoms. The summed E-state index contributed by atoms with van der Waals surface area (Å²) in [5.74, 6) is -0.241. The summed E-state index contributed by atoms with van der Waals surface area (Å²) < 4.78 is 10.6. The SMILES string of the molecule is CCOc1ccc(C(=O)COC(=O)c2ccc(N3C(=O)CC(N4CCC(Cc5ccccc5)CC4)C3=O)cc2)cc1. The molecule has 3 aromatic rings. The van der Waals surface area contributed by atoms with Crippen LogP contribution in [0.3, 0.4) is 0 Å². The Hall–Kier alpha value is -4.30. The van der Waals surface area contributed by atoms with Gasteiger partial charge in [0.1, 0.15) is 5.75 Å². The van der Waals surface area contributed by atoms with Gasteiger partial charge in [0.05, 0.1) is 30.3 Å². The molecule has 212 valence electrons. The van der Waals surface area contributed by atoms with Crippen molar-refractivity contribution in [1.82, 2.24) is 4.90 Å². The lowest BCUT2D eigenvalue weighted by atomic mass is 9.89. The second kappa shape index (κ2) is 12.9. The third-order valence-electron chi connectivity index (χ3n) is 7.76. The van der Waals surface area contributed by atoms with Gasteiger partial charge in [-0.25, -0.2) is 9.69 Å². The molecular weight excluding hydrogens is 520 g/mol. The summed E-state index contributed by atoms with van der Waals surface area (Å²) in [6.07, 6.45) is 3.16. The van der Waals surface area contributed by atoms with Crippen LogP contribution in [0.5, 0.6) is 5.75 Å². The van der Waals surface area contributed by atoms with E-state index < -0.39 is 18.6 Å². The number of anilines is 1. The van der Waals surface area contributed by atoms with Crippen molar-refractivity contribution < 1.29 is 28.7 Å². The van der Waals surface area contributed by atoms with E-state index in [-0.39, 0.29) is 29.6 Å². The first-order valence-corrected chi connectivity index (χ1v) is 14.1. The number of nitrogens with zero attached hydrogens (tertiary/aromatic N) is 2. The van der Waals surface area contributed by atoms with Gasteiger partial charge in [0.2, 0.25) is 5.91 Å². The molecule has 5 rings (SSSR count). The molecule has 0 N–H and O–H groups in total. The van der Waals surface area contributed by atoms with Crippen LogP contribution in [0.1, 0.15) is 52.5 Å². The maximum absolute atomic E-state index is 13.3. The Kier molecular flexibility index (Phi) is 8.89. The first-order chi connectivity index (χ1) is 19.9. The van der Waals surface area contributed by atoms with Crippen molar-refractivity contribution in [3.63, 3.8) is 0 Å². The second-order valence-electron chi connectivity index (χ2n) is 10.5. The van der Waals surface area contributed by atoms with Crippen molar-refractivity contribution >= 4 is 29.3 Å². The Morgan fingerprint density at radius 1 is 0.854 bits per heavy atom. The van der Waals surface area contributed by atoms with Crippen LogP contribution in [0, 0.1) is 5.92 Å². The molecule has 2 amide bonds. The van der Waals surface area contributed by atoms with Crippen LogP contribution < -0.4 is 9.64 Å². The van der Waals surface area contributed by atoms with E-state index in [1.165, 1.54) is 22.6 Å². The number of piperidine rings is 1. The fraction of sp³-hybridized carbons (Fsp3) is 0.333. The molecule has 1 unspecified atom stereocenters. The number of hydrogen-bond donors (Lipinski definition) is 0. The third kappa shape index (κ3) is 6.72. The van der Waals surface area contributed by atoms with Gasteiger partial charge >= 0.3 is 5.97 Å². The monoisotopic (exact) mass is 554 g/mol. The molecule has 0 radical (unpaired) electrons. The highest BCUT2D eigenvalue weighted by Gasteiger charge is 2.43. The van der Waals surface area contributed by atoms with Crippen LogP contribution in [0.15, 0.2) is 78.9 Å². The van der Waals surface area contributed by atoms with Gasteiger partial charge in [-0.3, -0.25) is 19.3 Å². The second-order valence-corrected chi connectivity index (χ2v) is 10.5. The van der Waals surface area contributed by atoms with Crippen LogP contribution in [0.4, 0.5) is 5.69 Å². The Morgan fingerprint density at radius 3 is 2.17 bits per heavy atom. The Bertz CT molecular complexity index is 1380. The number of carbonyl (C=O) groups excluding carboxylic acids is 4. The molecular formula is C33H34N2O6. The highest BCUT2D eigenvalue weighted by Crippen LogP contribution is 2.30. The van der Waals surface area contributed by atoms with E-state index in [1.54, 1.807) is 36.4 Å². The maximum atomic E-state index is 13.3. The number of imide groups is 1. The number of esters is 1. The van der Waals surface area contributed by atoms with Crippen molar-refractivity contribution in [1.29, 1.82) is 0 Å².